The summed E-state index contributed by atoms with van der Waals surface area (Å²) in [6, 6.07) is 12.6. The van der Waals surface area contributed by atoms with Crippen LogP contribution in [0.4, 0.5) is 16.2 Å². The van der Waals surface area contributed by atoms with Crippen molar-refractivity contribution in [2.24, 2.45) is 7.05 Å². The van der Waals surface area contributed by atoms with Gasteiger partial charge in [-0.1, -0.05) is 45.0 Å². The van der Waals surface area contributed by atoms with Gasteiger partial charge >= 0.3 is 6.03 Å². The van der Waals surface area contributed by atoms with Crippen molar-refractivity contribution in [3.63, 3.8) is 0 Å². The first kappa shape index (κ1) is 25.2. The highest BCUT2D eigenvalue weighted by atomic mass is 16.3. The zero-order valence-corrected chi connectivity index (χ0v) is 21.3. The van der Waals surface area contributed by atoms with Gasteiger partial charge in [-0.05, 0) is 46.7 Å². The number of hydrogen-bond donors (Lipinski definition) is 3. The molecule has 8 nitrogen and oxygen atoms in total. The number of nitrogens with zero attached hydrogens (tertiary/aromatic N) is 2. The lowest BCUT2D eigenvalue weighted by molar-refractivity contribution is 0.0980. The van der Waals surface area contributed by atoms with Gasteiger partial charge in [0.25, 0.3) is 11.5 Å². The van der Waals surface area contributed by atoms with Crippen molar-refractivity contribution in [3.8, 4) is 11.1 Å². The Bertz CT molecular complexity index is 1400. The van der Waals surface area contributed by atoms with Crippen LogP contribution in [0.5, 0.6) is 0 Å². The monoisotopic (exact) mass is 488 g/mol. The molecule has 0 spiro atoms. The minimum atomic E-state index is -0.507. The topological polar surface area (TPSA) is 104 Å². The van der Waals surface area contributed by atoms with Gasteiger partial charge in [0.05, 0.1) is 12.3 Å². The van der Waals surface area contributed by atoms with Crippen molar-refractivity contribution in [3.05, 3.63) is 81.3 Å². The Kier molecular flexibility index (Phi) is 6.73. The highest BCUT2D eigenvalue weighted by molar-refractivity contribution is 6.09. The first-order valence-electron chi connectivity index (χ1n) is 11.9. The standard InChI is InChI=1S/C28H32N4O4/c1-28(2,3)19-9-10-21-17(13-19)11-12-32(25(21)34)24-8-6-7-20(22(24)16-33)18-14-23(30-27(36)29-4)26(35)31(5)15-18/h6-10,13-15,33H,11-12,16H2,1-5H3,(H2,29,30,36). The van der Waals surface area contributed by atoms with E-state index < -0.39 is 6.03 Å². The Hall–Kier alpha value is -3.91. The molecule has 3 amide bonds. The fourth-order valence-corrected chi connectivity index (χ4v) is 4.58. The van der Waals surface area contributed by atoms with Gasteiger partial charge in [0, 0.05) is 43.5 Å². The number of aryl methyl sites for hydroxylation is 1. The number of carbonyl (C=O) groups excluding carboxylic acids is 2. The summed E-state index contributed by atoms with van der Waals surface area (Å²) < 4.78 is 1.38. The van der Waals surface area contributed by atoms with Crippen molar-refractivity contribution in [2.45, 2.75) is 39.2 Å². The van der Waals surface area contributed by atoms with Gasteiger partial charge in [0.2, 0.25) is 0 Å². The number of aliphatic hydroxyl groups excluding tert-OH is 1. The van der Waals surface area contributed by atoms with Crippen LogP contribution in [0.15, 0.2) is 53.5 Å². The van der Waals surface area contributed by atoms with Gasteiger partial charge in [0.1, 0.15) is 5.69 Å². The van der Waals surface area contributed by atoms with Crippen molar-refractivity contribution in [1.82, 2.24) is 9.88 Å². The second kappa shape index (κ2) is 9.62. The first-order valence-corrected chi connectivity index (χ1v) is 11.9. The van der Waals surface area contributed by atoms with Crippen molar-refractivity contribution >= 4 is 23.3 Å². The molecule has 0 aliphatic carbocycles. The number of amides is 3. The number of pyridine rings is 1. The van der Waals surface area contributed by atoms with Crippen molar-refractivity contribution in [1.29, 1.82) is 0 Å². The highest BCUT2D eigenvalue weighted by Crippen LogP contribution is 2.35. The number of hydrogen-bond acceptors (Lipinski definition) is 4. The molecule has 0 unspecified atom stereocenters. The van der Waals surface area contributed by atoms with Gasteiger partial charge in [-0.2, -0.15) is 0 Å². The molecule has 3 N–H and O–H groups in total. The number of aromatic nitrogens is 1. The third kappa shape index (κ3) is 4.64. The van der Waals surface area contributed by atoms with Crippen LogP contribution in [0, 0.1) is 0 Å². The van der Waals surface area contributed by atoms with E-state index in [1.807, 2.05) is 30.3 Å². The van der Waals surface area contributed by atoms with Crippen LogP contribution in [0.25, 0.3) is 11.1 Å². The van der Waals surface area contributed by atoms with Crippen LogP contribution in [0.3, 0.4) is 0 Å². The summed E-state index contributed by atoms with van der Waals surface area (Å²) in [7, 11) is 3.06. The Labute approximate surface area is 210 Å². The molecule has 1 aliphatic rings. The Balaban J connectivity index is 1.76. The molecule has 1 aliphatic heterocycles. The molecule has 0 bridgehead atoms. The van der Waals surface area contributed by atoms with Crippen LogP contribution in [0.1, 0.15) is 47.8 Å². The van der Waals surface area contributed by atoms with E-state index in [0.717, 1.165) is 5.56 Å². The molecule has 0 radical (unpaired) electrons. The summed E-state index contributed by atoms with van der Waals surface area (Å²) in [5, 5.41) is 15.4. The zero-order valence-electron chi connectivity index (χ0n) is 21.3. The zero-order chi connectivity index (χ0) is 26.2. The molecule has 0 atom stereocenters. The van der Waals surface area contributed by atoms with Crippen LogP contribution in [-0.4, -0.2) is 35.2 Å². The lowest BCUT2D eigenvalue weighted by Crippen LogP contribution is -2.38. The summed E-state index contributed by atoms with van der Waals surface area (Å²) >= 11 is 0. The first-order chi connectivity index (χ1) is 17.0. The lowest BCUT2D eigenvalue weighted by Gasteiger charge is -2.32. The van der Waals surface area contributed by atoms with Gasteiger partial charge < -0.3 is 25.2 Å². The van der Waals surface area contributed by atoms with E-state index in [9.17, 15) is 19.5 Å². The number of aliphatic hydroxyl groups is 1. The third-order valence-electron chi connectivity index (χ3n) is 6.62. The van der Waals surface area contributed by atoms with Crippen molar-refractivity contribution < 1.29 is 14.7 Å². The lowest BCUT2D eigenvalue weighted by atomic mass is 9.84. The fourth-order valence-electron chi connectivity index (χ4n) is 4.58. The normalized spacial score (nSPS) is 13.4. The largest absolute Gasteiger partial charge is 0.392 e. The molecule has 0 fully saturated rings. The maximum absolute atomic E-state index is 13.5. The maximum atomic E-state index is 13.5. The van der Waals surface area contributed by atoms with E-state index >= 15 is 0 Å². The molecule has 4 rings (SSSR count). The van der Waals surface area contributed by atoms with Gasteiger partial charge in [-0.15, -0.1) is 0 Å². The molecule has 188 valence electrons. The Morgan fingerprint density at radius 1 is 1.08 bits per heavy atom. The Morgan fingerprint density at radius 3 is 2.50 bits per heavy atom. The van der Waals surface area contributed by atoms with Crippen LogP contribution < -0.4 is 21.1 Å². The number of fused-ring (bicyclic) bond motifs is 1. The SMILES string of the molecule is CNC(=O)Nc1cc(-c2cccc(N3CCc4cc(C(C)(C)C)ccc4C3=O)c2CO)cn(C)c1=O. The summed E-state index contributed by atoms with van der Waals surface area (Å²) in [6.07, 6.45) is 2.36. The van der Waals surface area contributed by atoms with E-state index in [4.69, 9.17) is 0 Å². The van der Waals surface area contributed by atoms with E-state index in [-0.39, 0.29) is 29.2 Å². The molecule has 36 heavy (non-hydrogen) atoms. The number of carbonyl (C=O) groups is 2. The predicted molar refractivity (Wildman–Crippen MR) is 142 cm³/mol. The summed E-state index contributed by atoms with van der Waals surface area (Å²) in [5.41, 5.74) is 5.15. The second-order valence-electron chi connectivity index (χ2n) is 10.1. The molecule has 8 heteroatoms. The minimum Gasteiger partial charge on any atom is -0.392 e. The second-order valence-corrected chi connectivity index (χ2v) is 10.1. The minimum absolute atomic E-state index is 0.00506. The van der Waals surface area contributed by atoms with Gasteiger partial charge in [-0.3, -0.25) is 9.59 Å². The summed E-state index contributed by atoms with van der Waals surface area (Å²) in [6.45, 7) is 6.65. The maximum Gasteiger partial charge on any atom is 0.319 e. The van der Waals surface area contributed by atoms with Crippen LogP contribution in [0.2, 0.25) is 0 Å². The highest BCUT2D eigenvalue weighted by Gasteiger charge is 2.29. The average Bonchev–Trinajstić information content (AvgIpc) is 2.85. The molecule has 2 aromatic carbocycles. The molecule has 1 aromatic heterocycles. The van der Waals surface area contributed by atoms with E-state index in [1.54, 1.807) is 24.2 Å². The molecule has 0 saturated carbocycles. The van der Waals surface area contributed by atoms with Crippen molar-refractivity contribution in [2.75, 3.05) is 23.8 Å². The Morgan fingerprint density at radius 2 is 1.83 bits per heavy atom. The third-order valence-corrected chi connectivity index (χ3v) is 6.62. The smallest absolute Gasteiger partial charge is 0.319 e. The van der Waals surface area contributed by atoms with Gasteiger partial charge in [0.15, 0.2) is 0 Å². The summed E-state index contributed by atoms with van der Waals surface area (Å²) in [5.74, 6) is -0.106. The van der Waals surface area contributed by atoms with E-state index in [1.165, 1.54) is 17.2 Å². The number of nitrogens with one attached hydrogen (secondary N) is 2. The number of urea groups is 1. The van der Waals surface area contributed by atoms with Crippen LogP contribution >= 0.6 is 0 Å². The summed E-state index contributed by atoms with van der Waals surface area (Å²) in [4.78, 5) is 39.6. The quantitative estimate of drug-likeness (QED) is 0.520. The molecule has 3 aromatic rings. The molecule has 2 heterocycles. The number of rotatable bonds is 4. The fraction of sp³-hybridized carbons (Fsp3) is 0.321. The van der Waals surface area contributed by atoms with Gasteiger partial charge in [-0.25, -0.2) is 4.79 Å². The predicted octanol–water partition coefficient (Wildman–Crippen LogP) is 3.80. The average molecular weight is 489 g/mol. The number of benzene rings is 2. The van der Waals surface area contributed by atoms with E-state index in [0.29, 0.717) is 40.9 Å². The molecule has 0 saturated heterocycles. The van der Waals surface area contributed by atoms with Crippen LogP contribution in [-0.2, 0) is 25.5 Å². The van der Waals surface area contributed by atoms with E-state index in [2.05, 4.69) is 37.5 Å². The molecular formula is C28H32N4O4. The number of anilines is 2. The molecular weight excluding hydrogens is 456 g/mol.